The van der Waals surface area contributed by atoms with Gasteiger partial charge in [-0.3, -0.25) is 4.68 Å². The molecule has 0 aliphatic carbocycles. The summed E-state index contributed by atoms with van der Waals surface area (Å²) in [6.45, 7) is 5.83. The van der Waals surface area contributed by atoms with Crippen LogP contribution in [0.25, 0.3) is 0 Å². The van der Waals surface area contributed by atoms with E-state index in [1.165, 1.54) is 6.26 Å². The Balaban J connectivity index is 1.90. The van der Waals surface area contributed by atoms with Crippen molar-refractivity contribution in [2.24, 2.45) is 7.05 Å². The molecule has 0 atom stereocenters. The fourth-order valence-electron chi connectivity index (χ4n) is 2.82. The van der Waals surface area contributed by atoms with Gasteiger partial charge in [0.05, 0.1) is 17.3 Å². The van der Waals surface area contributed by atoms with Crippen LogP contribution in [-0.4, -0.2) is 31.3 Å². The van der Waals surface area contributed by atoms with E-state index in [0.29, 0.717) is 11.7 Å². The molecule has 3 aromatic heterocycles. The lowest BCUT2D eigenvalue weighted by Crippen LogP contribution is -2.23. The molecule has 0 bridgehead atoms. The number of aromatic nitrogens is 5. The topological polar surface area (TPSA) is 93.7 Å². The van der Waals surface area contributed by atoms with Gasteiger partial charge < -0.3 is 15.1 Å². The maximum atomic E-state index is 13.1. The molecule has 0 amide bonds. The Morgan fingerprint density at radius 1 is 1.21 bits per heavy atom. The molecule has 150 valence electrons. The van der Waals surface area contributed by atoms with E-state index in [2.05, 4.69) is 30.7 Å². The summed E-state index contributed by atoms with van der Waals surface area (Å²) >= 11 is 0. The number of hydrogen-bond acceptors (Lipinski definition) is 7. The Morgan fingerprint density at radius 2 is 1.96 bits per heavy atom. The van der Waals surface area contributed by atoms with E-state index >= 15 is 0 Å². The maximum Gasteiger partial charge on any atom is 0.421 e. The van der Waals surface area contributed by atoms with Gasteiger partial charge in [0.25, 0.3) is 0 Å². The van der Waals surface area contributed by atoms with Crippen LogP contribution in [0.15, 0.2) is 29.1 Å². The smallest absolute Gasteiger partial charge is 0.421 e. The number of halogens is 3. The molecule has 28 heavy (non-hydrogen) atoms. The molecule has 3 aromatic rings. The minimum atomic E-state index is -4.55. The molecule has 0 aliphatic rings. The lowest BCUT2D eigenvalue weighted by atomic mass is 9.89. The summed E-state index contributed by atoms with van der Waals surface area (Å²) < 4.78 is 46.3. The first-order chi connectivity index (χ1) is 13.1. The molecule has 0 aliphatic heterocycles. The van der Waals surface area contributed by atoms with E-state index < -0.39 is 17.2 Å². The van der Waals surface area contributed by atoms with E-state index in [1.54, 1.807) is 30.9 Å². The largest absolute Gasteiger partial charge is 0.448 e. The average Bonchev–Trinajstić information content (AvgIpc) is 3.25. The van der Waals surface area contributed by atoms with Crippen LogP contribution in [0.2, 0.25) is 0 Å². The SMILES string of the molecule is CCNc1nc(Nc2cc(C(C)(C)c3ncco3)n(C)n2)ncc1C(F)(F)F. The van der Waals surface area contributed by atoms with Crippen molar-refractivity contribution in [2.75, 3.05) is 17.2 Å². The standard InChI is InChI=1S/C17H20F3N7O/c1-5-21-13-10(17(18,19)20)9-23-15(25-13)24-12-8-11(27(4)26-12)16(2,3)14-22-6-7-28-14/h6-9H,5H2,1-4H3,(H2,21,23,24,25,26). The third-order valence-electron chi connectivity index (χ3n) is 4.17. The Bertz CT molecular complexity index is 948. The van der Waals surface area contributed by atoms with Crippen LogP contribution in [0.1, 0.15) is 37.9 Å². The second-order valence-electron chi connectivity index (χ2n) is 6.61. The van der Waals surface area contributed by atoms with Crippen LogP contribution in [0, 0.1) is 0 Å². The van der Waals surface area contributed by atoms with Gasteiger partial charge in [-0.15, -0.1) is 0 Å². The molecule has 0 aromatic carbocycles. The van der Waals surface area contributed by atoms with Gasteiger partial charge in [-0.1, -0.05) is 0 Å². The van der Waals surface area contributed by atoms with Crippen LogP contribution in [0.4, 0.5) is 30.8 Å². The van der Waals surface area contributed by atoms with Crippen molar-refractivity contribution in [3.05, 3.63) is 41.9 Å². The lowest BCUT2D eigenvalue weighted by molar-refractivity contribution is -0.137. The summed E-state index contributed by atoms with van der Waals surface area (Å²) in [7, 11) is 1.75. The molecule has 0 saturated carbocycles. The third kappa shape index (κ3) is 3.78. The molecule has 0 unspecified atom stereocenters. The molecule has 8 nitrogen and oxygen atoms in total. The third-order valence-corrected chi connectivity index (χ3v) is 4.17. The number of aryl methyl sites for hydroxylation is 1. The summed E-state index contributed by atoms with van der Waals surface area (Å²) in [6, 6.07) is 1.75. The van der Waals surface area contributed by atoms with Gasteiger partial charge in [0.2, 0.25) is 11.8 Å². The maximum absolute atomic E-state index is 13.1. The van der Waals surface area contributed by atoms with Gasteiger partial charge >= 0.3 is 6.18 Å². The van der Waals surface area contributed by atoms with Crippen molar-refractivity contribution in [1.82, 2.24) is 24.7 Å². The fourth-order valence-corrected chi connectivity index (χ4v) is 2.82. The minimum Gasteiger partial charge on any atom is -0.448 e. The fraction of sp³-hybridized carbons (Fsp3) is 0.412. The molecular formula is C17H20F3N7O. The van der Waals surface area contributed by atoms with E-state index in [1.807, 2.05) is 13.8 Å². The second kappa shape index (κ2) is 7.13. The quantitative estimate of drug-likeness (QED) is 0.657. The highest BCUT2D eigenvalue weighted by Gasteiger charge is 2.35. The predicted molar refractivity (Wildman–Crippen MR) is 96.3 cm³/mol. The Morgan fingerprint density at radius 3 is 2.57 bits per heavy atom. The summed E-state index contributed by atoms with van der Waals surface area (Å²) in [5.41, 5.74) is -0.705. The molecule has 3 rings (SSSR count). The van der Waals surface area contributed by atoms with E-state index in [9.17, 15) is 13.2 Å². The molecule has 11 heteroatoms. The van der Waals surface area contributed by atoms with E-state index in [4.69, 9.17) is 4.42 Å². The number of rotatable bonds is 6. The summed E-state index contributed by atoms with van der Waals surface area (Å²) in [5.74, 6) is 0.618. The van der Waals surface area contributed by atoms with E-state index in [-0.39, 0.29) is 18.3 Å². The van der Waals surface area contributed by atoms with Crippen LogP contribution in [-0.2, 0) is 18.6 Å². The molecule has 0 radical (unpaired) electrons. The Kier molecular flexibility index (Phi) is 5.01. The first kappa shape index (κ1) is 19.6. The van der Waals surface area contributed by atoms with Gasteiger partial charge in [0.1, 0.15) is 17.6 Å². The first-order valence-electron chi connectivity index (χ1n) is 8.52. The zero-order chi connectivity index (χ0) is 20.5. The Hall–Kier alpha value is -3.11. The van der Waals surface area contributed by atoms with Crippen molar-refractivity contribution in [1.29, 1.82) is 0 Å². The molecule has 0 fully saturated rings. The van der Waals surface area contributed by atoms with Crippen molar-refractivity contribution >= 4 is 17.6 Å². The van der Waals surface area contributed by atoms with Gasteiger partial charge in [0, 0.05) is 25.9 Å². The van der Waals surface area contributed by atoms with Crippen LogP contribution < -0.4 is 10.6 Å². The van der Waals surface area contributed by atoms with Gasteiger partial charge in [0.15, 0.2) is 5.82 Å². The average molecular weight is 395 g/mol. The number of nitrogens with one attached hydrogen (secondary N) is 2. The van der Waals surface area contributed by atoms with Crippen molar-refractivity contribution in [2.45, 2.75) is 32.4 Å². The van der Waals surface area contributed by atoms with Gasteiger partial charge in [-0.25, -0.2) is 9.97 Å². The molecule has 0 saturated heterocycles. The predicted octanol–water partition coefficient (Wildman–Crippen LogP) is 3.72. The van der Waals surface area contributed by atoms with Crippen LogP contribution in [0.5, 0.6) is 0 Å². The molecule has 3 heterocycles. The summed E-state index contributed by atoms with van der Waals surface area (Å²) in [5, 5.41) is 9.80. The lowest BCUT2D eigenvalue weighted by Gasteiger charge is -2.20. The summed E-state index contributed by atoms with van der Waals surface area (Å²) in [6.07, 6.45) is -0.752. The van der Waals surface area contributed by atoms with Crippen molar-refractivity contribution in [3.8, 4) is 0 Å². The van der Waals surface area contributed by atoms with Gasteiger partial charge in [-0.2, -0.15) is 23.3 Å². The molecule has 0 spiro atoms. The van der Waals surface area contributed by atoms with Crippen molar-refractivity contribution in [3.63, 3.8) is 0 Å². The van der Waals surface area contributed by atoms with E-state index in [0.717, 1.165) is 11.9 Å². The zero-order valence-electron chi connectivity index (χ0n) is 15.8. The number of anilines is 3. The van der Waals surface area contributed by atoms with Gasteiger partial charge in [-0.05, 0) is 20.8 Å². The molecule has 2 N–H and O–H groups in total. The van der Waals surface area contributed by atoms with Crippen LogP contribution >= 0.6 is 0 Å². The van der Waals surface area contributed by atoms with Crippen molar-refractivity contribution < 1.29 is 17.6 Å². The number of hydrogen-bond donors (Lipinski definition) is 2. The number of oxazole rings is 1. The minimum absolute atomic E-state index is 0.00234. The highest BCUT2D eigenvalue weighted by Crippen LogP contribution is 2.35. The highest BCUT2D eigenvalue weighted by molar-refractivity contribution is 5.54. The second-order valence-corrected chi connectivity index (χ2v) is 6.61. The van der Waals surface area contributed by atoms with Crippen LogP contribution in [0.3, 0.4) is 0 Å². The monoisotopic (exact) mass is 395 g/mol. The zero-order valence-corrected chi connectivity index (χ0v) is 15.8. The number of alkyl halides is 3. The normalized spacial score (nSPS) is 12.2. The molecular weight excluding hydrogens is 375 g/mol. The number of nitrogens with zero attached hydrogens (tertiary/aromatic N) is 5. The summed E-state index contributed by atoms with van der Waals surface area (Å²) in [4.78, 5) is 11.9. The Labute approximate surface area is 159 Å². The highest BCUT2D eigenvalue weighted by atomic mass is 19.4. The first-order valence-corrected chi connectivity index (χ1v) is 8.52.